The Morgan fingerprint density at radius 3 is 2.84 bits per heavy atom. The highest BCUT2D eigenvalue weighted by atomic mass is 16.5. The maximum absolute atomic E-state index is 9.01. The minimum absolute atomic E-state index is 0.255. The summed E-state index contributed by atoms with van der Waals surface area (Å²) in [6.07, 6.45) is 4.51. The SMILES string of the molecule is COc1cccc(CC(N[C@H](C)CCO)C2CC2)c1. The molecule has 3 heteroatoms. The zero-order valence-electron chi connectivity index (χ0n) is 11.9. The van der Waals surface area contributed by atoms with Gasteiger partial charge in [-0.05, 0) is 56.2 Å². The van der Waals surface area contributed by atoms with E-state index in [1.54, 1.807) is 7.11 Å². The van der Waals surface area contributed by atoms with E-state index in [4.69, 9.17) is 9.84 Å². The van der Waals surface area contributed by atoms with E-state index >= 15 is 0 Å². The molecule has 106 valence electrons. The second-order valence-electron chi connectivity index (χ2n) is 5.58. The van der Waals surface area contributed by atoms with Crippen LogP contribution < -0.4 is 10.1 Å². The molecule has 0 amide bonds. The fourth-order valence-corrected chi connectivity index (χ4v) is 2.56. The van der Waals surface area contributed by atoms with Crippen LogP contribution in [0, 0.1) is 5.92 Å². The number of ether oxygens (including phenoxy) is 1. The molecule has 0 aromatic heterocycles. The Balaban J connectivity index is 1.95. The molecule has 2 N–H and O–H groups in total. The monoisotopic (exact) mass is 263 g/mol. The summed E-state index contributed by atoms with van der Waals surface area (Å²) in [5.74, 6) is 1.72. The first-order valence-electron chi connectivity index (χ1n) is 7.22. The molecule has 2 rings (SSSR count). The van der Waals surface area contributed by atoms with Gasteiger partial charge >= 0.3 is 0 Å². The molecule has 0 aliphatic heterocycles. The third-order valence-electron chi connectivity index (χ3n) is 3.84. The van der Waals surface area contributed by atoms with Crippen LogP contribution in [-0.4, -0.2) is 30.9 Å². The van der Waals surface area contributed by atoms with Gasteiger partial charge in [0, 0.05) is 18.7 Å². The van der Waals surface area contributed by atoms with Crippen molar-refractivity contribution in [1.29, 1.82) is 0 Å². The van der Waals surface area contributed by atoms with Gasteiger partial charge in [0.05, 0.1) is 7.11 Å². The van der Waals surface area contributed by atoms with Crippen LogP contribution in [0.3, 0.4) is 0 Å². The van der Waals surface area contributed by atoms with E-state index in [9.17, 15) is 0 Å². The molecule has 1 aliphatic rings. The number of hydrogen-bond acceptors (Lipinski definition) is 3. The van der Waals surface area contributed by atoms with Crippen molar-refractivity contribution < 1.29 is 9.84 Å². The van der Waals surface area contributed by atoms with Crippen LogP contribution in [0.25, 0.3) is 0 Å². The topological polar surface area (TPSA) is 41.5 Å². The average molecular weight is 263 g/mol. The van der Waals surface area contributed by atoms with Gasteiger partial charge in [-0.25, -0.2) is 0 Å². The third kappa shape index (κ3) is 4.51. The molecule has 2 atom stereocenters. The second-order valence-corrected chi connectivity index (χ2v) is 5.58. The number of aliphatic hydroxyl groups excluding tert-OH is 1. The largest absolute Gasteiger partial charge is 0.497 e. The first-order chi connectivity index (χ1) is 9.22. The lowest BCUT2D eigenvalue weighted by atomic mass is 10.0. The summed E-state index contributed by atoms with van der Waals surface area (Å²) in [6, 6.07) is 9.21. The van der Waals surface area contributed by atoms with Crippen molar-refractivity contribution >= 4 is 0 Å². The smallest absolute Gasteiger partial charge is 0.119 e. The van der Waals surface area contributed by atoms with Crippen LogP contribution >= 0.6 is 0 Å². The van der Waals surface area contributed by atoms with E-state index in [0.29, 0.717) is 12.1 Å². The molecule has 0 heterocycles. The summed E-state index contributed by atoms with van der Waals surface area (Å²) in [5.41, 5.74) is 1.32. The predicted octanol–water partition coefficient (Wildman–Crippen LogP) is 2.38. The minimum Gasteiger partial charge on any atom is -0.497 e. The Morgan fingerprint density at radius 2 is 2.21 bits per heavy atom. The summed E-state index contributed by atoms with van der Waals surface area (Å²) >= 11 is 0. The number of rotatable bonds is 8. The highest BCUT2D eigenvalue weighted by Crippen LogP contribution is 2.34. The van der Waals surface area contributed by atoms with Gasteiger partial charge in [-0.3, -0.25) is 0 Å². The van der Waals surface area contributed by atoms with Crippen molar-refractivity contribution in [1.82, 2.24) is 5.32 Å². The lowest BCUT2D eigenvalue weighted by Gasteiger charge is -2.23. The van der Waals surface area contributed by atoms with Gasteiger partial charge in [-0.2, -0.15) is 0 Å². The van der Waals surface area contributed by atoms with Gasteiger partial charge in [0.2, 0.25) is 0 Å². The molecule has 1 aromatic rings. The molecule has 1 aromatic carbocycles. The molecule has 1 unspecified atom stereocenters. The van der Waals surface area contributed by atoms with E-state index in [0.717, 1.165) is 24.5 Å². The van der Waals surface area contributed by atoms with E-state index in [-0.39, 0.29) is 6.61 Å². The first kappa shape index (κ1) is 14.4. The van der Waals surface area contributed by atoms with Gasteiger partial charge < -0.3 is 15.2 Å². The van der Waals surface area contributed by atoms with E-state index in [1.165, 1.54) is 18.4 Å². The summed E-state index contributed by atoms with van der Waals surface area (Å²) in [7, 11) is 1.71. The maximum Gasteiger partial charge on any atom is 0.119 e. The Hall–Kier alpha value is -1.06. The van der Waals surface area contributed by atoms with Gasteiger partial charge in [-0.15, -0.1) is 0 Å². The average Bonchev–Trinajstić information content (AvgIpc) is 3.23. The molecule has 0 saturated heterocycles. The number of benzene rings is 1. The number of methoxy groups -OCH3 is 1. The third-order valence-corrected chi connectivity index (χ3v) is 3.84. The fraction of sp³-hybridized carbons (Fsp3) is 0.625. The molecule has 0 bridgehead atoms. The molecular formula is C16H25NO2. The first-order valence-corrected chi connectivity index (χ1v) is 7.22. The molecule has 1 saturated carbocycles. The molecule has 19 heavy (non-hydrogen) atoms. The van der Waals surface area contributed by atoms with E-state index in [2.05, 4.69) is 30.4 Å². The number of hydrogen-bond donors (Lipinski definition) is 2. The van der Waals surface area contributed by atoms with Crippen molar-refractivity contribution in [3.05, 3.63) is 29.8 Å². The zero-order chi connectivity index (χ0) is 13.7. The van der Waals surface area contributed by atoms with E-state index < -0.39 is 0 Å². The quantitative estimate of drug-likeness (QED) is 0.756. The minimum atomic E-state index is 0.255. The Kier molecular flexibility index (Phi) is 5.23. The highest BCUT2D eigenvalue weighted by molar-refractivity contribution is 5.29. The molecule has 0 radical (unpaired) electrons. The summed E-state index contributed by atoms with van der Waals surface area (Å²) in [6.45, 7) is 2.40. The van der Waals surface area contributed by atoms with Crippen LogP contribution in [0.2, 0.25) is 0 Å². The Bertz CT molecular complexity index is 390. The van der Waals surface area contributed by atoms with Crippen LogP contribution in [-0.2, 0) is 6.42 Å². The van der Waals surface area contributed by atoms with Crippen molar-refractivity contribution in [2.24, 2.45) is 5.92 Å². The van der Waals surface area contributed by atoms with Crippen molar-refractivity contribution in [3.63, 3.8) is 0 Å². The Morgan fingerprint density at radius 1 is 1.42 bits per heavy atom. The van der Waals surface area contributed by atoms with Crippen molar-refractivity contribution in [2.75, 3.05) is 13.7 Å². The lowest BCUT2D eigenvalue weighted by Crippen LogP contribution is -2.40. The molecule has 3 nitrogen and oxygen atoms in total. The standard InChI is InChI=1S/C16H25NO2/c1-12(8-9-18)17-16(14-6-7-14)11-13-4-3-5-15(10-13)19-2/h3-5,10,12,14,16-18H,6-9,11H2,1-2H3/t12-,16?/m1/s1. The predicted molar refractivity (Wildman–Crippen MR) is 77.5 cm³/mol. The molecular weight excluding hydrogens is 238 g/mol. The molecule has 0 spiro atoms. The van der Waals surface area contributed by atoms with E-state index in [1.807, 2.05) is 6.07 Å². The molecule has 1 fully saturated rings. The lowest BCUT2D eigenvalue weighted by molar-refractivity contribution is 0.259. The normalized spacial score (nSPS) is 18.1. The number of nitrogens with one attached hydrogen (secondary N) is 1. The van der Waals surface area contributed by atoms with Crippen molar-refractivity contribution in [3.8, 4) is 5.75 Å². The van der Waals surface area contributed by atoms with Gasteiger partial charge in [0.25, 0.3) is 0 Å². The van der Waals surface area contributed by atoms with Gasteiger partial charge in [0.1, 0.15) is 5.75 Å². The fourth-order valence-electron chi connectivity index (χ4n) is 2.56. The summed E-state index contributed by atoms with van der Waals surface area (Å²) in [5, 5.41) is 12.7. The van der Waals surface area contributed by atoms with Crippen LogP contribution in [0.1, 0.15) is 31.7 Å². The highest BCUT2D eigenvalue weighted by Gasteiger charge is 2.31. The maximum atomic E-state index is 9.01. The Labute approximate surface area is 116 Å². The number of aliphatic hydroxyl groups is 1. The second kappa shape index (κ2) is 6.92. The van der Waals surface area contributed by atoms with Gasteiger partial charge in [-0.1, -0.05) is 12.1 Å². The van der Waals surface area contributed by atoms with Crippen molar-refractivity contribution in [2.45, 2.75) is 44.7 Å². The zero-order valence-corrected chi connectivity index (χ0v) is 11.9. The van der Waals surface area contributed by atoms with Crippen LogP contribution in [0.4, 0.5) is 0 Å². The summed E-state index contributed by atoms with van der Waals surface area (Å²) < 4.78 is 5.28. The van der Waals surface area contributed by atoms with Crippen LogP contribution in [0.15, 0.2) is 24.3 Å². The van der Waals surface area contributed by atoms with Gasteiger partial charge in [0.15, 0.2) is 0 Å². The van der Waals surface area contributed by atoms with Crippen LogP contribution in [0.5, 0.6) is 5.75 Å². The summed E-state index contributed by atoms with van der Waals surface area (Å²) in [4.78, 5) is 0. The molecule has 1 aliphatic carbocycles.